The lowest BCUT2D eigenvalue weighted by molar-refractivity contribution is 0.517. The lowest BCUT2D eigenvalue weighted by Gasteiger charge is -2.14. The highest BCUT2D eigenvalue weighted by Crippen LogP contribution is 2.16. The molecule has 1 saturated heterocycles. The van der Waals surface area contributed by atoms with Crippen molar-refractivity contribution in [3.63, 3.8) is 0 Å². The van der Waals surface area contributed by atoms with E-state index in [1.54, 1.807) is 12.5 Å². The standard InChI is InChI=1S/C12H15N5O/c1-2-6-17(5-1)12-15-11(9-14-16-12)13-8-10-4-3-7-18-10/h3-4,7,9H,1-2,5-6,8H2,(H,13,15,16). The molecule has 0 saturated carbocycles. The molecule has 1 aliphatic heterocycles. The number of furan rings is 1. The van der Waals surface area contributed by atoms with E-state index in [9.17, 15) is 0 Å². The van der Waals surface area contributed by atoms with Crippen molar-refractivity contribution >= 4 is 11.8 Å². The SMILES string of the molecule is c1coc(CNc2cnnc(N3CCCC3)n2)c1. The van der Waals surface area contributed by atoms with Gasteiger partial charge in [0.05, 0.1) is 19.0 Å². The average molecular weight is 245 g/mol. The number of hydrogen-bond donors (Lipinski definition) is 1. The minimum atomic E-state index is 0.602. The highest BCUT2D eigenvalue weighted by Gasteiger charge is 2.15. The van der Waals surface area contributed by atoms with Crippen LogP contribution in [-0.2, 0) is 6.54 Å². The molecule has 18 heavy (non-hydrogen) atoms. The lowest BCUT2D eigenvalue weighted by Crippen LogP contribution is -2.21. The molecule has 0 aliphatic carbocycles. The van der Waals surface area contributed by atoms with E-state index in [0.29, 0.717) is 12.5 Å². The molecule has 0 unspecified atom stereocenters. The summed E-state index contributed by atoms with van der Waals surface area (Å²) in [6.07, 6.45) is 5.69. The van der Waals surface area contributed by atoms with Gasteiger partial charge in [0.25, 0.3) is 0 Å². The van der Waals surface area contributed by atoms with Gasteiger partial charge < -0.3 is 14.6 Å². The van der Waals surface area contributed by atoms with Gasteiger partial charge in [-0.1, -0.05) is 0 Å². The van der Waals surface area contributed by atoms with Crippen molar-refractivity contribution in [3.05, 3.63) is 30.4 Å². The third-order valence-corrected chi connectivity index (χ3v) is 2.96. The monoisotopic (exact) mass is 245 g/mol. The summed E-state index contributed by atoms with van der Waals surface area (Å²) < 4.78 is 5.25. The largest absolute Gasteiger partial charge is 0.467 e. The van der Waals surface area contributed by atoms with Gasteiger partial charge in [0.15, 0.2) is 5.82 Å². The third kappa shape index (κ3) is 2.42. The zero-order valence-electron chi connectivity index (χ0n) is 10.0. The summed E-state index contributed by atoms with van der Waals surface area (Å²) in [5.74, 6) is 2.30. The first-order valence-electron chi connectivity index (χ1n) is 6.13. The molecule has 2 aromatic heterocycles. The van der Waals surface area contributed by atoms with Crippen molar-refractivity contribution < 1.29 is 4.42 Å². The van der Waals surface area contributed by atoms with Crippen LogP contribution in [-0.4, -0.2) is 28.3 Å². The molecule has 1 aliphatic rings. The topological polar surface area (TPSA) is 67.1 Å². The molecule has 0 bridgehead atoms. The van der Waals surface area contributed by atoms with Crippen molar-refractivity contribution in [2.24, 2.45) is 0 Å². The van der Waals surface area contributed by atoms with Crippen molar-refractivity contribution in [1.82, 2.24) is 15.2 Å². The molecule has 3 heterocycles. The summed E-state index contributed by atoms with van der Waals surface area (Å²) in [4.78, 5) is 6.61. The van der Waals surface area contributed by atoms with Crippen molar-refractivity contribution in [2.75, 3.05) is 23.3 Å². The Labute approximate surface area is 105 Å². The van der Waals surface area contributed by atoms with Crippen LogP contribution in [0.3, 0.4) is 0 Å². The molecule has 0 aromatic carbocycles. The van der Waals surface area contributed by atoms with Gasteiger partial charge in [-0.05, 0) is 25.0 Å². The number of nitrogens with zero attached hydrogens (tertiary/aromatic N) is 4. The Hall–Kier alpha value is -2.11. The first-order valence-corrected chi connectivity index (χ1v) is 6.13. The fraction of sp³-hybridized carbons (Fsp3) is 0.417. The van der Waals surface area contributed by atoms with E-state index in [1.165, 1.54) is 12.8 Å². The maximum absolute atomic E-state index is 5.25. The second-order valence-corrected chi connectivity index (χ2v) is 4.27. The Morgan fingerprint density at radius 3 is 3.00 bits per heavy atom. The molecule has 0 atom stereocenters. The maximum atomic E-state index is 5.25. The van der Waals surface area contributed by atoms with Crippen molar-refractivity contribution in [1.29, 1.82) is 0 Å². The Balaban J connectivity index is 1.66. The maximum Gasteiger partial charge on any atom is 0.247 e. The van der Waals surface area contributed by atoms with E-state index in [-0.39, 0.29) is 0 Å². The number of aromatic nitrogens is 3. The normalized spacial score (nSPS) is 15.0. The van der Waals surface area contributed by atoms with Gasteiger partial charge in [0.1, 0.15) is 5.76 Å². The van der Waals surface area contributed by atoms with Crippen LogP contribution in [0.25, 0.3) is 0 Å². The first-order chi connectivity index (χ1) is 8.92. The Bertz CT molecular complexity index is 493. The van der Waals surface area contributed by atoms with Crippen LogP contribution in [0.1, 0.15) is 18.6 Å². The third-order valence-electron chi connectivity index (χ3n) is 2.96. The molecule has 1 N–H and O–H groups in total. The molecule has 94 valence electrons. The smallest absolute Gasteiger partial charge is 0.247 e. The van der Waals surface area contributed by atoms with Crippen LogP contribution in [0.5, 0.6) is 0 Å². The van der Waals surface area contributed by atoms with Gasteiger partial charge in [0, 0.05) is 13.1 Å². The molecule has 0 radical (unpaired) electrons. The van der Waals surface area contributed by atoms with Gasteiger partial charge in [-0.2, -0.15) is 10.1 Å². The number of anilines is 2. The predicted octanol–water partition coefficient (Wildman–Crippen LogP) is 1.68. The fourth-order valence-corrected chi connectivity index (χ4v) is 2.02. The Morgan fingerprint density at radius 1 is 1.33 bits per heavy atom. The molecule has 2 aromatic rings. The first kappa shape index (κ1) is 11.0. The summed E-state index contributed by atoms with van der Waals surface area (Å²) in [7, 11) is 0. The fourth-order valence-electron chi connectivity index (χ4n) is 2.02. The van der Waals surface area contributed by atoms with Gasteiger partial charge in [0.2, 0.25) is 5.95 Å². The van der Waals surface area contributed by atoms with Crippen LogP contribution < -0.4 is 10.2 Å². The molecule has 6 heteroatoms. The van der Waals surface area contributed by atoms with Crippen LogP contribution >= 0.6 is 0 Å². The second kappa shape index (κ2) is 5.03. The number of rotatable bonds is 4. The minimum absolute atomic E-state index is 0.602. The van der Waals surface area contributed by atoms with Gasteiger partial charge >= 0.3 is 0 Å². The quantitative estimate of drug-likeness (QED) is 0.884. The highest BCUT2D eigenvalue weighted by molar-refractivity contribution is 5.39. The van der Waals surface area contributed by atoms with Crippen LogP contribution in [0.15, 0.2) is 29.0 Å². The molecule has 6 nitrogen and oxygen atoms in total. The van der Waals surface area contributed by atoms with E-state index in [1.807, 2.05) is 12.1 Å². The number of nitrogens with one attached hydrogen (secondary N) is 1. The summed E-state index contributed by atoms with van der Waals surface area (Å²) in [5.41, 5.74) is 0. The van der Waals surface area contributed by atoms with Gasteiger partial charge in [-0.25, -0.2) is 0 Å². The molecule has 1 fully saturated rings. The molecule has 0 spiro atoms. The summed E-state index contributed by atoms with van der Waals surface area (Å²) in [5, 5.41) is 11.2. The molecular weight excluding hydrogens is 230 g/mol. The average Bonchev–Trinajstić information content (AvgIpc) is 3.10. The van der Waals surface area contributed by atoms with Crippen molar-refractivity contribution in [2.45, 2.75) is 19.4 Å². The summed E-state index contributed by atoms with van der Waals surface area (Å²) >= 11 is 0. The van der Waals surface area contributed by atoms with Gasteiger partial charge in [-0.3, -0.25) is 0 Å². The predicted molar refractivity (Wildman–Crippen MR) is 67.3 cm³/mol. The highest BCUT2D eigenvalue weighted by atomic mass is 16.3. The van der Waals surface area contributed by atoms with Gasteiger partial charge in [-0.15, -0.1) is 5.10 Å². The Kier molecular flexibility index (Phi) is 3.08. The second-order valence-electron chi connectivity index (χ2n) is 4.27. The van der Waals surface area contributed by atoms with E-state index in [0.717, 1.165) is 24.7 Å². The zero-order chi connectivity index (χ0) is 12.2. The zero-order valence-corrected chi connectivity index (χ0v) is 10.0. The van der Waals surface area contributed by atoms with E-state index in [2.05, 4.69) is 25.4 Å². The van der Waals surface area contributed by atoms with Crippen molar-refractivity contribution in [3.8, 4) is 0 Å². The summed E-state index contributed by atoms with van der Waals surface area (Å²) in [6.45, 7) is 2.64. The van der Waals surface area contributed by atoms with Crippen LogP contribution in [0, 0.1) is 0 Å². The molecule has 3 rings (SSSR count). The number of hydrogen-bond acceptors (Lipinski definition) is 6. The van der Waals surface area contributed by atoms with Crippen LogP contribution in [0.2, 0.25) is 0 Å². The van der Waals surface area contributed by atoms with Crippen LogP contribution in [0.4, 0.5) is 11.8 Å². The lowest BCUT2D eigenvalue weighted by atomic mass is 10.4. The Morgan fingerprint density at radius 2 is 2.22 bits per heavy atom. The molecular formula is C12H15N5O. The molecule has 0 amide bonds. The summed E-state index contributed by atoms with van der Waals surface area (Å²) in [6, 6.07) is 3.79. The van der Waals surface area contributed by atoms with E-state index < -0.39 is 0 Å². The van der Waals surface area contributed by atoms with E-state index in [4.69, 9.17) is 4.42 Å². The van der Waals surface area contributed by atoms with E-state index >= 15 is 0 Å². The minimum Gasteiger partial charge on any atom is -0.467 e.